The predicted octanol–water partition coefficient (Wildman–Crippen LogP) is 3.82. The largest absolute Gasteiger partial charge is 0.463 e. The Labute approximate surface area is 160 Å². The number of cyclic esters (lactones) is 1. The van der Waals surface area contributed by atoms with Gasteiger partial charge in [0.15, 0.2) is 0 Å². The molecule has 2 unspecified atom stereocenters. The van der Waals surface area contributed by atoms with Gasteiger partial charge in [0.2, 0.25) is 0 Å². The van der Waals surface area contributed by atoms with Gasteiger partial charge in [-0.3, -0.25) is 0 Å². The molecule has 2 heterocycles. The van der Waals surface area contributed by atoms with E-state index in [1.54, 1.807) is 20.8 Å². The third kappa shape index (κ3) is 3.63. The zero-order valence-corrected chi connectivity index (χ0v) is 15.6. The number of benzene rings is 1. The lowest BCUT2D eigenvalue weighted by molar-refractivity contribution is -0.145. The maximum atomic E-state index is 13.2. The van der Waals surface area contributed by atoms with Crippen molar-refractivity contribution in [2.24, 2.45) is 0 Å². The van der Waals surface area contributed by atoms with E-state index in [1.807, 2.05) is 0 Å². The first-order valence-electron chi connectivity index (χ1n) is 8.89. The highest BCUT2D eigenvalue weighted by Gasteiger charge is 2.42. The van der Waals surface area contributed by atoms with Gasteiger partial charge in [0.25, 0.3) is 0 Å². The first-order chi connectivity index (χ1) is 13.1. The van der Waals surface area contributed by atoms with E-state index in [2.05, 4.69) is 5.32 Å². The molecule has 0 saturated heterocycles. The lowest BCUT2D eigenvalue weighted by Gasteiger charge is -2.35. The first kappa shape index (κ1) is 20.0. The fourth-order valence-electron chi connectivity index (χ4n) is 3.58. The van der Waals surface area contributed by atoms with Crippen molar-refractivity contribution in [1.82, 2.24) is 5.32 Å². The van der Waals surface area contributed by atoms with E-state index in [0.29, 0.717) is 17.8 Å². The van der Waals surface area contributed by atoms with Crippen LogP contribution >= 0.6 is 0 Å². The Bertz CT molecular complexity index is 886. The van der Waals surface area contributed by atoms with Crippen LogP contribution in [-0.2, 0) is 25.2 Å². The highest BCUT2D eigenvalue weighted by atomic mass is 19.4. The van der Waals surface area contributed by atoms with Gasteiger partial charge in [-0.1, -0.05) is 18.2 Å². The van der Waals surface area contributed by atoms with Crippen LogP contribution in [0.2, 0.25) is 0 Å². The standard InChI is InChI=1S/C20H20F3NO4/c1-4-27-18(25)15-11(3)24-14-8-10(2)28-19(26)17(14)16(15)12-6-5-7-13(9-12)20(21,22)23/h5-7,9-10,16,24H,4,8H2,1-3H3. The summed E-state index contributed by atoms with van der Waals surface area (Å²) in [5, 5.41) is 3.05. The molecule has 0 saturated carbocycles. The third-order valence-electron chi connectivity index (χ3n) is 4.71. The molecule has 3 rings (SSSR count). The van der Waals surface area contributed by atoms with Crippen LogP contribution in [0.15, 0.2) is 46.8 Å². The summed E-state index contributed by atoms with van der Waals surface area (Å²) in [6.07, 6.45) is -4.55. The van der Waals surface area contributed by atoms with Gasteiger partial charge in [0.1, 0.15) is 6.10 Å². The van der Waals surface area contributed by atoms with Crippen molar-refractivity contribution in [1.29, 1.82) is 0 Å². The SMILES string of the molecule is CCOC(=O)C1=C(C)NC2=C(C(=O)OC(C)C2)C1c1cccc(C(F)(F)F)c1. The Morgan fingerprint density at radius 2 is 2.07 bits per heavy atom. The molecule has 8 heteroatoms. The number of ether oxygens (including phenoxy) is 2. The molecule has 0 aromatic heterocycles. The third-order valence-corrected chi connectivity index (χ3v) is 4.71. The Hall–Kier alpha value is -2.77. The minimum Gasteiger partial charge on any atom is -0.463 e. The average molecular weight is 395 g/mol. The van der Waals surface area contributed by atoms with Gasteiger partial charge in [0, 0.05) is 17.8 Å². The average Bonchev–Trinajstić information content (AvgIpc) is 2.59. The maximum Gasteiger partial charge on any atom is 0.416 e. The minimum atomic E-state index is -4.55. The van der Waals surface area contributed by atoms with Gasteiger partial charge < -0.3 is 14.8 Å². The van der Waals surface area contributed by atoms with Crippen molar-refractivity contribution in [2.45, 2.75) is 45.4 Å². The Kier molecular flexibility index (Phi) is 5.23. The van der Waals surface area contributed by atoms with Crippen molar-refractivity contribution < 1.29 is 32.2 Å². The predicted molar refractivity (Wildman–Crippen MR) is 93.9 cm³/mol. The number of dihydropyridines is 1. The normalized spacial score (nSPS) is 22.4. The summed E-state index contributed by atoms with van der Waals surface area (Å²) in [5.41, 5.74) is 0.567. The van der Waals surface area contributed by atoms with E-state index < -0.39 is 29.6 Å². The number of halogens is 3. The molecule has 0 fully saturated rings. The smallest absolute Gasteiger partial charge is 0.416 e. The second-order valence-corrected chi connectivity index (χ2v) is 6.75. The van der Waals surface area contributed by atoms with E-state index in [-0.39, 0.29) is 29.4 Å². The summed E-state index contributed by atoms with van der Waals surface area (Å²) >= 11 is 0. The number of carbonyl (C=O) groups excluding carboxylic acids is 2. The number of allylic oxidation sites excluding steroid dienone is 1. The lowest BCUT2D eigenvalue weighted by Crippen LogP contribution is -2.38. The molecule has 0 radical (unpaired) electrons. The van der Waals surface area contributed by atoms with Crippen molar-refractivity contribution in [3.8, 4) is 0 Å². The molecular weight excluding hydrogens is 375 g/mol. The monoisotopic (exact) mass is 395 g/mol. The summed E-state index contributed by atoms with van der Waals surface area (Å²) in [6.45, 7) is 5.09. The highest BCUT2D eigenvalue weighted by Crippen LogP contribution is 2.43. The van der Waals surface area contributed by atoms with E-state index in [1.165, 1.54) is 12.1 Å². The van der Waals surface area contributed by atoms with Gasteiger partial charge in [-0.05, 0) is 32.4 Å². The van der Waals surface area contributed by atoms with Crippen LogP contribution in [0.25, 0.3) is 0 Å². The number of esters is 2. The number of rotatable bonds is 3. The first-order valence-corrected chi connectivity index (χ1v) is 8.89. The fourth-order valence-corrected chi connectivity index (χ4v) is 3.58. The molecule has 5 nitrogen and oxygen atoms in total. The Balaban J connectivity index is 2.19. The van der Waals surface area contributed by atoms with Gasteiger partial charge in [0.05, 0.1) is 29.2 Å². The quantitative estimate of drug-likeness (QED) is 0.789. The highest BCUT2D eigenvalue weighted by molar-refractivity contribution is 6.00. The van der Waals surface area contributed by atoms with E-state index in [9.17, 15) is 22.8 Å². The van der Waals surface area contributed by atoms with E-state index in [0.717, 1.165) is 12.1 Å². The van der Waals surface area contributed by atoms with Crippen LogP contribution in [0.1, 0.15) is 44.2 Å². The molecule has 0 spiro atoms. The number of alkyl halides is 3. The summed E-state index contributed by atoms with van der Waals surface area (Å²) in [5.74, 6) is -2.34. The van der Waals surface area contributed by atoms with Crippen LogP contribution in [0.3, 0.4) is 0 Å². The molecule has 28 heavy (non-hydrogen) atoms. The second-order valence-electron chi connectivity index (χ2n) is 6.75. The summed E-state index contributed by atoms with van der Waals surface area (Å²) in [4.78, 5) is 25.2. The van der Waals surface area contributed by atoms with Crippen molar-refractivity contribution >= 4 is 11.9 Å². The molecule has 0 bridgehead atoms. The minimum absolute atomic E-state index is 0.0955. The number of hydrogen-bond acceptors (Lipinski definition) is 5. The molecule has 1 aromatic rings. The number of nitrogens with one attached hydrogen (secondary N) is 1. The van der Waals surface area contributed by atoms with Crippen molar-refractivity contribution in [3.63, 3.8) is 0 Å². The summed E-state index contributed by atoms with van der Waals surface area (Å²) in [7, 11) is 0. The Morgan fingerprint density at radius 1 is 1.36 bits per heavy atom. The molecule has 0 aliphatic carbocycles. The molecule has 1 N–H and O–H groups in total. The van der Waals surface area contributed by atoms with Gasteiger partial charge in [-0.2, -0.15) is 13.2 Å². The topological polar surface area (TPSA) is 64.6 Å². The molecule has 2 aliphatic heterocycles. The van der Waals surface area contributed by atoms with Crippen molar-refractivity contribution in [3.05, 3.63) is 57.9 Å². The second kappa shape index (κ2) is 7.33. The van der Waals surface area contributed by atoms with Crippen LogP contribution < -0.4 is 5.32 Å². The lowest BCUT2D eigenvalue weighted by atomic mass is 9.78. The Morgan fingerprint density at radius 3 is 2.71 bits per heavy atom. The summed E-state index contributed by atoms with van der Waals surface area (Å²) < 4.78 is 50.1. The van der Waals surface area contributed by atoms with Gasteiger partial charge in [-0.25, -0.2) is 9.59 Å². The molecule has 2 aliphatic rings. The maximum absolute atomic E-state index is 13.2. The van der Waals surface area contributed by atoms with Crippen molar-refractivity contribution in [2.75, 3.05) is 6.61 Å². The van der Waals surface area contributed by atoms with Gasteiger partial charge in [-0.15, -0.1) is 0 Å². The molecule has 1 aromatic carbocycles. The molecule has 2 atom stereocenters. The fraction of sp³-hybridized carbons (Fsp3) is 0.400. The molecular formula is C20H20F3NO4. The number of hydrogen-bond donors (Lipinski definition) is 1. The van der Waals surface area contributed by atoms with Gasteiger partial charge >= 0.3 is 18.1 Å². The summed E-state index contributed by atoms with van der Waals surface area (Å²) in [6, 6.07) is 4.63. The zero-order chi connectivity index (χ0) is 20.6. The zero-order valence-electron chi connectivity index (χ0n) is 15.6. The van der Waals surface area contributed by atoms with Crippen LogP contribution in [0, 0.1) is 0 Å². The van der Waals surface area contributed by atoms with E-state index in [4.69, 9.17) is 9.47 Å². The van der Waals surface area contributed by atoms with Crippen LogP contribution in [0.5, 0.6) is 0 Å². The number of carbonyl (C=O) groups is 2. The molecule has 0 amide bonds. The van der Waals surface area contributed by atoms with Crippen LogP contribution in [0.4, 0.5) is 13.2 Å². The van der Waals surface area contributed by atoms with Crippen LogP contribution in [-0.4, -0.2) is 24.6 Å². The molecule has 150 valence electrons. The van der Waals surface area contributed by atoms with E-state index >= 15 is 0 Å².